The lowest BCUT2D eigenvalue weighted by Gasteiger charge is -2.17. The second kappa shape index (κ2) is 6.36. The van der Waals surface area contributed by atoms with E-state index < -0.39 is 20.8 Å². The van der Waals surface area contributed by atoms with Gasteiger partial charge in [-0.05, 0) is 31.5 Å². The Morgan fingerprint density at radius 3 is 2.58 bits per heavy atom. The van der Waals surface area contributed by atoms with Gasteiger partial charge < -0.3 is 11.1 Å². The summed E-state index contributed by atoms with van der Waals surface area (Å²) in [5.74, 6) is 0.572. The number of nitrogens with one attached hydrogen (secondary N) is 1. The fourth-order valence-corrected chi connectivity index (χ4v) is 2.74. The minimum atomic E-state index is -3.75. The van der Waals surface area contributed by atoms with Crippen molar-refractivity contribution in [1.82, 2.24) is 0 Å². The molecule has 0 spiro atoms. The summed E-state index contributed by atoms with van der Waals surface area (Å²) < 4.78 is 33.5. The van der Waals surface area contributed by atoms with Crippen LogP contribution in [0.3, 0.4) is 0 Å². The molecule has 5 N–H and O–H groups in total. The summed E-state index contributed by atoms with van der Waals surface area (Å²) in [4.78, 5) is 0.00969. The molecule has 0 amide bonds. The molecule has 0 fully saturated rings. The maximum absolute atomic E-state index is 11.3. The van der Waals surface area contributed by atoms with Crippen LogP contribution in [0.25, 0.3) is 0 Å². The highest BCUT2D eigenvalue weighted by Crippen LogP contribution is 2.23. The number of nitrogen functional groups attached to an aromatic ring is 1. The van der Waals surface area contributed by atoms with E-state index in [0.29, 0.717) is 23.5 Å². The number of nitrogens with two attached hydrogens (primary N) is 2. The molecule has 0 heterocycles. The van der Waals surface area contributed by atoms with Crippen molar-refractivity contribution in [3.05, 3.63) is 18.2 Å². The molecule has 0 aliphatic heterocycles. The summed E-state index contributed by atoms with van der Waals surface area (Å²) in [5.41, 5.74) is 6.74. The van der Waals surface area contributed by atoms with Crippen LogP contribution >= 0.6 is 0 Å². The first-order valence-electron chi connectivity index (χ1n) is 5.69. The molecular weight excluding hydrogens is 286 g/mol. The van der Waals surface area contributed by atoms with Crippen LogP contribution in [0.2, 0.25) is 0 Å². The number of hydrogen-bond donors (Lipinski definition) is 3. The van der Waals surface area contributed by atoms with Crippen molar-refractivity contribution in [2.75, 3.05) is 23.1 Å². The van der Waals surface area contributed by atoms with Crippen molar-refractivity contribution in [2.45, 2.75) is 24.3 Å². The fourth-order valence-electron chi connectivity index (χ4n) is 1.52. The first kappa shape index (κ1) is 15.9. The number of hydrogen-bond acceptors (Lipinski definition) is 5. The smallest absolute Gasteiger partial charge is 0.238 e. The van der Waals surface area contributed by atoms with Crippen molar-refractivity contribution in [2.24, 2.45) is 5.14 Å². The molecule has 19 heavy (non-hydrogen) atoms. The van der Waals surface area contributed by atoms with E-state index >= 15 is 0 Å². The van der Waals surface area contributed by atoms with E-state index in [0.717, 1.165) is 0 Å². The molecule has 2 atom stereocenters. The van der Waals surface area contributed by atoms with E-state index in [9.17, 15) is 12.6 Å². The summed E-state index contributed by atoms with van der Waals surface area (Å²) in [6, 6.07) is 4.29. The van der Waals surface area contributed by atoms with Gasteiger partial charge in [0.15, 0.2) is 0 Å². The molecular formula is C11H19N3O3S2. The molecule has 1 rings (SSSR count). The van der Waals surface area contributed by atoms with E-state index in [1.54, 1.807) is 6.26 Å². The second-order valence-electron chi connectivity index (χ2n) is 4.41. The van der Waals surface area contributed by atoms with E-state index in [-0.39, 0.29) is 10.9 Å². The predicted octanol–water partition coefficient (Wildman–Crippen LogP) is 0.485. The topological polar surface area (TPSA) is 115 Å². The van der Waals surface area contributed by atoms with Crippen LogP contribution in [-0.4, -0.2) is 30.7 Å². The average Bonchev–Trinajstić information content (AvgIpc) is 2.28. The largest absolute Gasteiger partial charge is 0.397 e. The Bertz CT molecular complexity index is 573. The zero-order chi connectivity index (χ0) is 14.6. The number of sulfonamides is 1. The molecule has 108 valence electrons. The lowest BCUT2D eigenvalue weighted by Crippen LogP contribution is -2.19. The molecule has 0 aromatic heterocycles. The molecule has 0 saturated carbocycles. The normalized spacial score (nSPS) is 14.9. The molecule has 0 radical (unpaired) electrons. The Balaban J connectivity index is 2.86. The minimum Gasteiger partial charge on any atom is -0.397 e. The van der Waals surface area contributed by atoms with Gasteiger partial charge in [-0.25, -0.2) is 13.6 Å². The molecule has 1 aromatic carbocycles. The van der Waals surface area contributed by atoms with Gasteiger partial charge in [0.2, 0.25) is 10.0 Å². The third kappa shape index (κ3) is 5.17. The van der Waals surface area contributed by atoms with Crippen molar-refractivity contribution < 1.29 is 12.6 Å². The van der Waals surface area contributed by atoms with E-state index in [4.69, 9.17) is 10.9 Å². The first-order valence-corrected chi connectivity index (χ1v) is 8.96. The molecule has 0 aliphatic carbocycles. The van der Waals surface area contributed by atoms with Crippen LogP contribution in [0.1, 0.15) is 13.3 Å². The highest BCUT2D eigenvalue weighted by atomic mass is 32.2. The number of anilines is 2. The summed E-state index contributed by atoms with van der Waals surface area (Å²) in [7, 11) is -4.60. The van der Waals surface area contributed by atoms with Crippen LogP contribution < -0.4 is 16.2 Å². The van der Waals surface area contributed by atoms with Gasteiger partial charge in [-0.3, -0.25) is 4.21 Å². The van der Waals surface area contributed by atoms with E-state index in [2.05, 4.69) is 5.32 Å². The Morgan fingerprint density at radius 2 is 2.05 bits per heavy atom. The molecule has 8 heteroatoms. The van der Waals surface area contributed by atoms with Gasteiger partial charge in [0.1, 0.15) is 0 Å². The summed E-state index contributed by atoms with van der Waals surface area (Å²) in [5, 5.41) is 8.17. The van der Waals surface area contributed by atoms with Crippen molar-refractivity contribution in [1.29, 1.82) is 0 Å². The molecule has 0 bridgehead atoms. The van der Waals surface area contributed by atoms with Crippen LogP contribution in [0.5, 0.6) is 0 Å². The van der Waals surface area contributed by atoms with Gasteiger partial charge in [-0.15, -0.1) is 0 Å². The van der Waals surface area contributed by atoms with E-state index in [1.807, 2.05) is 6.92 Å². The zero-order valence-electron chi connectivity index (χ0n) is 10.9. The Labute approximate surface area is 116 Å². The number of rotatable bonds is 6. The van der Waals surface area contributed by atoms with Gasteiger partial charge >= 0.3 is 0 Å². The Kier molecular flexibility index (Phi) is 5.33. The average molecular weight is 305 g/mol. The summed E-state index contributed by atoms with van der Waals surface area (Å²) in [6.45, 7) is 1.91. The van der Waals surface area contributed by atoms with Crippen molar-refractivity contribution >= 4 is 32.2 Å². The molecule has 1 aromatic rings. The monoisotopic (exact) mass is 305 g/mol. The number of primary sulfonamides is 1. The highest BCUT2D eigenvalue weighted by Gasteiger charge is 2.12. The molecule has 0 aliphatic rings. The lowest BCUT2D eigenvalue weighted by molar-refractivity contribution is 0.598. The Morgan fingerprint density at radius 1 is 1.42 bits per heavy atom. The quantitative estimate of drug-likeness (QED) is 0.661. The lowest BCUT2D eigenvalue weighted by atomic mass is 10.2. The SMILES string of the molecule is CC(CCS(C)=O)Nc1cc(S(N)(=O)=O)ccc1N. The zero-order valence-corrected chi connectivity index (χ0v) is 12.6. The maximum Gasteiger partial charge on any atom is 0.238 e. The standard InChI is InChI=1S/C11H19N3O3S2/c1-8(5-6-18(2)15)14-11-7-9(19(13,16)17)3-4-10(11)12/h3-4,7-8,14H,5-6,12H2,1-2H3,(H2,13,16,17). The van der Waals surface area contributed by atoms with Crippen molar-refractivity contribution in [3.63, 3.8) is 0 Å². The fraction of sp³-hybridized carbons (Fsp3) is 0.455. The predicted molar refractivity (Wildman–Crippen MR) is 78.9 cm³/mol. The number of benzene rings is 1. The molecule has 2 unspecified atom stereocenters. The van der Waals surface area contributed by atoms with Gasteiger partial charge in [-0.1, -0.05) is 0 Å². The maximum atomic E-state index is 11.3. The first-order chi connectivity index (χ1) is 8.70. The third-order valence-electron chi connectivity index (χ3n) is 2.59. The van der Waals surface area contributed by atoms with Gasteiger partial charge in [0.25, 0.3) is 0 Å². The molecule has 0 saturated heterocycles. The summed E-state index contributed by atoms with van der Waals surface area (Å²) in [6.07, 6.45) is 2.34. The van der Waals surface area contributed by atoms with Crippen LogP contribution in [0, 0.1) is 0 Å². The van der Waals surface area contributed by atoms with Crippen molar-refractivity contribution in [3.8, 4) is 0 Å². The minimum absolute atomic E-state index is 0.00969. The van der Waals surface area contributed by atoms with Gasteiger partial charge in [0.05, 0.1) is 16.3 Å². The van der Waals surface area contributed by atoms with Crippen LogP contribution in [0.4, 0.5) is 11.4 Å². The Hall–Kier alpha value is -1.12. The molecule has 6 nitrogen and oxygen atoms in total. The second-order valence-corrected chi connectivity index (χ2v) is 7.52. The van der Waals surface area contributed by atoms with Crippen LogP contribution in [0.15, 0.2) is 23.1 Å². The summed E-state index contributed by atoms with van der Waals surface area (Å²) >= 11 is 0. The van der Waals surface area contributed by atoms with Gasteiger partial charge in [0, 0.05) is 28.9 Å². The highest BCUT2D eigenvalue weighted by molar-refractivity contribution is 7.89. The van der Waals surface area contributed by atoms with Gasteiger partial charge in [-0.2, -0.15) is 0 Å². The van der Waals surface area contributed by atoms with E-state index in [1.165, 1.54) is 18.2 Å². The van der Waals surface area contributed by atoms with Crippen LogP contribution in [-0.2, 0) is 20.8 Å². The third-order valence-corrected chi connectivity index (χ3v) is 4.32.